The number of benzene rings is 3. The summed E-state index contributed by atoms with van der Waals surface area (Å²) >= 11 is 0. The fraction of sp³-hybridized carbons (Fsp3) is 0. The molecule has 1 amide bonds. The normalized spacial score (nSPS) is 11.8. The van der Waals surface area contributed by atoms with E-state index in [4.69, 9.17) is 0 Å². The van der Waals surface area contributed by atoms with E-state index < -0.39 is 15.7 Å². The number of rotatable bonds is 5. The van der Waals surface area contributed by atoms with Crippen molar-refractivity contribution in [2.45, 2.75) is 4.90 Å². The molecule has 0 atom stereocenters. The molecule has 0 spiro atoms. The summed E-state index contributed by atoms with van der Waals surface area (Å²) in [5, 5.41) is 2.39. The molecule has 0 aliphatic heterocycles. The SMILES string of the molecule is O=C(NC(=Cc1ccccc1)S(=O)(=O)c1ccccc1)c1ccccc1. The minimum absolute atomic E-state index is 0.121. The highest BCUT2D eigenvalue weighted by molar-refractivity contribution is 7.95. The molecule has 5 heteroatoms. The van der Waals surface area contributed by atoms with E-state index in [2.05, 4.69) is 5.32 Å². The van der Waals surface area contributed by atoms with Gasteiger partial charge in [0.1, 0.15) is 5.03 Å². The van der Waals surface area contributed by atoms with Crippen molar-refractivity contribution in [3.63, 3.8) is 0 Å². The fourth-order valence-corrected chi connectivity index (χ4v) is 3.67. The Kier molecular flexibility index (Phi) is 5.29. The Bertz CT molecular complexity index is 1010. The summed E-state index contributed by atoms with van der Waals surface area (Å²) in [5.41, 5.74) is 1.06. The van der Waals surface area contributed by atoms with Gasteiger partial charge in [-0.25, -0.2) is 8.42 Å². The Morgan fingerprint density at radius 2 is 1.23 bits per heavy atom. The molecule has 3 aromatic carbocycles. The van der Waals surface area contributed by atoms with Gasteiger partial charge in [-0.1, -0.05) is 66.7 Å². The summed E-state index contributed by atoms with van der Waals surface area (Å²) < 4.78 is 26.0. The zero-order chi connectivity index (χ0) is 18.4. The highest BCUT2D eigenvalue weighted by atomic mass is 32.2. The van der Waals surface area contributed by atoms with Crippen molar-refractivity contribution in [2.75, 3.05) is 0 Å². The summed E-state index contributed by atoms with van der Waals surface area (Å²) in [4.78, 5) is 12.6. The zero-order valence-corrected chi connectivity index (χ0v) is 14.7. The van der Waals surface area contributed by atoms with Gasteiger partial charge in [0.15, 0.2) is 0 Å². The second kappa shape index (κ2) is 7.80. The molecule has 0 radical (unpaired) electrons. The van der Waals surface area contributed by atoms with Gasteiger partial charge < -0.3 is 5.32 Å². The van der Waals surface area contributed by atoms with Crippen LogP contribution in [0.15, 0.2) is 101 Å². The van der Waals surface area contributed by atoms with Crippen LogP contribution in [0.4, 0.5) is 0 Å². The lowest BCUT2D eigenvalue weighted by molar-refractivity contribution is 0.0968. The second-order valence-corrected chi connectivity index (χ2v) is 7.47. The van der Waals surface area contributed by atoms with Crippen LogP contribution in [0.1, 0.15) is 15.9 Å². The predicted molar refractivity (Wildman–Crippen MR) is 102 cm³/mol. The predicted octanol–water partition coefficient (Wildman–Crippen LogP) is 3.89. The van der Waals surface area contributed by atoms with E-state index in [0.717, 1.165) is 0 Å². The van der Waals surface area contributed by atoms with Crippen LogP contribution in [0.3, 0.4) is 0 Å². The average molecular weight is 363 g/mol. The summed E-state index contributed by atoms with van der Waals surface area (Å²) in [6.07, 6.45) is 1.46. The van der Waals surface area contributed by atoms with Gasteiger partial charge in [-0.3, -0.25) is 4.79 Å². The number of nitrogens with one attached hydrogen (secondary N) is 1. The molecule has 130 valence electrons. The zero-order valence-electron chi connectivity index (χ0n) is 13.9. The molecule has 3 rings (SSSR count). The minimum atomic E-state index is -3.87. The van der Waals surface area contributed by atoms with Gasteiger partial charge in [-0.2, -0.15) is 0 Å². The van der Waals surface area contributed by atoms with Gasteiger partial charge in [0, 0.05) is 5.56 Å². The average Bonchev–Trinajstić information content (AvgIpc) is 2.69. The number of amides is 1. The number of hydrogen-bond acceptors (Lipinski definition) is 3. The van der Waals surface area contributed by atoms with Crippen LogP contribution in [0.25, 0.3) is 6.08 Å². The Hall–Kier alpha value is -3.18. The number of hydrogen-bond donors (Lipinski definition) is 1. The Morgan fingerprint density at radius 1 is 0.731 bits per heavy atom. The first-order valence-electron chi connectivity index (χ1n) is 8.01. The molecule has 0 unspecified atom stereocenters. The lowest BCUT2D eigenvalue weighted by Gasteiger charge is -2.12. The first-order chi connectivity index (χ1) is 12.6. The van der Waals surface area contributed by atoms with Crippen LogP contribution < -0.4 is 5.32 Å². The molecular weight excluding hydrogens is 346 g/mol. The van der Waals surface area contributed by atoms with E-state index in [1.165, 1.54) is 18.2 Å². The largest absolute Gasteiger partial charge is 0.312 e. The van der Waals surface area contributed by atoms with Crippen molar-refractivity contribution < 1.29 is 13.2 Å². The molecule has 0 aliphatic carbocycles. The lowest BCUT2D eigenvalue weighted by atomic mass is 10.2. The number of sulfone groups is 1. The summed E-state index contributed by atoms with van der Waals surface area (Å²) in [5.74, 6) is -0.479. The van der Waals surface area contributed by atoms with Crippen molar-refractivity contribution in [1.82, 2.24) is 5.32 Å². The van der Waals surface area contributed by atoms with E-state index in [1.54, 1.807) is 72.8 Å². The third-order valence-electron chi connectivity index (χ3n) is 3.71. The molecule has 1 N–H and O–H groups in total. The third-order valence-corrected chi connectivity index (χ3v) is 5.40. The van der Waals surface area contributed by atoms with E-state index in [9.17, 15) is 13.2 Å². The van der Waals surface area contributed by atoms with E-state index in [0.29, 0.717) is 11.1 Å². The van der Waals surface area contributed by atoms with E-state index >= 15 is 0 Å². The van der Waals surface area contributed by atoms with E-state index in [-0.39, 0.29) is 9.92 Å². The second-order valence-electron chi connectivity index (χ2n) is 5.56. The summed E-state index contributed by atoms with van der Waals surface area (Å²) in [6.45, 7) is 0. The van der Waals surface area contributed by atoms with Gasteiger partial charge in [-0.05, 0) is 35.9 Å². The maximum Gasteiger partial charge on any atom is 0.256 e. The summed E-state index contributed by atoms with van der Waals surface area (Å²) in [7, 11) is -3.87. The first-order valence-corrected chi connectivity index (χ1v) is 9.49. The molecule has 0 bridgehead atoms. The van der Waals surface area contributed by atoms with Crippen LogP contribution in [0, 0.1) is 0 Å². The van der Waals surface area contributed by atoms with Crippen LogP contribution in [0.2, 0.25) is 0 Å². The van der Waals surface area contributed by atoms with Gasteiger partial charge in [0.2, 0.25) is 9.84 Å². The van der Waals surface area contributed by atoms with Crippen molar-refractivity contribution >= 4 is 21.8 Å². The first kappa shape index (κ1) is 17.6. The fourth-order valence-electron chi connectivity index (χ4n) is 2.38. The molecule has 0 saturated heterocycles. The van der Waals surface area contributed by atoms with Crippen LogP contribution >= 0.6 is 0 Å². The molecule has 0 aliphatic rings. The number of carbonyl (C=O) groups excluding carboxylic acids is 1. The molecule has 0 saturated carbocycles. The molecule has 0 aromatic heterocycles. The topological polar surface area (TPSA) is 63.2 Å². The van der Waals surface area contributed by atoms with Crippen molar-refractivity contribution in [3.05, 3.63) is 107 Å². The monoisotopic (exact) mass is 363 g/mol. The third kappa shape index (κ3) is 4.07. The van der Waals surface area contributed by atoms with Gasteiger partial charge in [0.25, 0.3) is 5.91 Å². The smallest absolute Gasteiger partial charge is 0.256 e. The maximum atomic E-state index is 13.0. The minimum Gasteiger partial charge on any atom is -0.312 e. The Morgan fingerprint density at radius 3 is 1.81 bits per heavy atom. The number of carbonyl (C=O) groups is 1. The molecule has 3 aromatic rings. The van der Waals surface area contributed by atoms with Crippen LogP contribution in [-0.4, -0.2) is 14.3 Å². The lowest BCUT2D eigenvalue weighted by Crippen LogP contribution is -2.27. The maximum absolute atomic E-state index is 13.0. The molecule has 4 nitrogen and oxygen atoms in total. The van der Waals surface area contributed by atoms with Gasteiger partial charge in [0.05, 0.1) is 4.90 Å². The highest BCUT2D eigenvalue weighted by Gasteiger charge is 2.23. The highest BCUT2D eigenvalue weighted by Crippen LogP contribution is 2.20. The van der Waals surface area contributed by atoms with Crippen LogP contribution in [-0.2, 0) is 9.84 Å². The molecule has 26 heavy (non-hydrogen) atoms. The van der Waals surface area contributed by atoms with Crippen molar-refractivity contribution in [3.8, 4) is 0 Å². The van der Waals surface area contributed by atoms with Crippen LogP contribution in [0.5, 0.6) is 0 Å². The molecular formula is C21H17NO3S. The Labute approximate surface area is 152 Å². The molecule has 0 heterocycles. The van der Waals surface area contributed by atoms with Gasteiger partial charge in [-0.15, -0.1) is 0 Å². The van der Waals surface area contributed by atoms with Gasteiger partial charge >= 0.3 is 0 Å². The Balaban J connectivity index is 2.03. The van der Waals surface area contributed by atoms with E-state index in [1.807, 2.05) is 6.07 Å². The molecule has 0 fully saturated rings. The quantitative estimate of drug-likeness (QED) is 0.748. The standard InChI is InChI=1S/C21H17NO3S/c23-21(18-12-6-2-7-13-18)22-20(16-17-10-4-1-5-11-17)26(24,25)19-14-8-3-9-15-19/h1-16H,(H,22,23). The van der Waals surface area contributed by atoms with Crippen molar-refractivity contribution in [2.24, 2.45) is 0 Å². The summed E-state index contributed by atoms with van der Waals surface area (Å²) in [6, 6.07) is 25.5. The van der Waals surface area contributed by atoms with Crippen molar-refractivity contribution in [1.29, 1.82) is 0 Å².